The maximum Gasteiger partial charge on any atom is 0.416 e. The van der Waals surface area contributed by atoms with Gasteiger partial charge in [0, 0.05) is 11.3 Å². The number of benzene rings is 2. The summed E-state index contributed by atoms with van der Waals surface area (Å²) >= 11 is 22.7. The molecule has 0 saturated heterocycles. The first-order chi connectivity index (χ1) is 14.6. The molecule has 0 spiro atoms. The van der Waals surface area contributed by atoms with Crippen LogP contribution in [0.25, 0.3) is 0 Å². The third-order valence-electron chi connectivity index (χ3n) is 3.79. The smallest absolute Gasteiger partial charge is 0.339 e. The number of halogens is 6. The maximum absolute atomic E-state index is 12.7. The minimum Gasteiger partial charge on any atom is -0.339 e. The van der Waals surface area contributed by atoms with Crippen molar-refractivity contribution in [3.63, 3.8) is 0 Å². The molecule has 2 aromatic rings. The number of amides is 1. The monoisotopic (exact) mass is 548 g/mol. The molecule has 7 nitrogen and oxygen atoms in total. The van der Waals surface area contributed by atoms with E-state index in [9.17, 15) is 26.4 Å². The molecule has 15 heteroatoms. The van der Waals surface area contributed by atoms with Gasteiger partial charge in [0.2, 0.25) is 13.8 Å². The van der Waals surface area contributed by atoms with Crippen LogP contribution in [0.4, 0.5) is 18.9 Å². The van der Waals surface area contributed by atoms with Crippen LogP contribution >= 0.6 is 47.0 Å². The van der Waals surface area contributed by atoms with Gasteiger partial charge in [-0.25, -0.2) is 13.6 Å². The van der Waals surface area contributed by atoms with E-state index in [0.29, 0.717) is 5.69 Å². The number of alkyl halides is 6. The summed E-state index contributed by atoms with van der Waals surface area (Å²) in [4.78, 5) is 12.3. The van der Waals surface area contributed by atoms with Crippen LogP contribution in [-0.2, 0) is 16.2 Å². The number of hydrogen-bond donors (Lipinski definition) is 4. The van der Waals surface area contributed by atoms with Crippen LogP contribution in [0.2, 0.25) is 0 Å². The van der Waals surface area contributed by atoms with Crippen LogP contribution in [0, 0.1) is 0 Å². The fourth-order valence-electron chi connectivity index (χ4n) is 2.25. The molecule has 2 aromatic carbocycles. The molecule has 1 amide bonds. The predicted octanol–water partition coefficient (Wildman–Crippen LogP) is 3.77. The lowest BCUT2D eigenvalue weighted by molar-refractivity contribution is -0.137. The number of carbonyl (C=O) groups excluding carboxylic acids is 1. The Hall–Kier alpha value is -1.83. The van der Waals surface area contributed by atoms with E-state index in [1.807, 2.05) is 0 Å². The molecular weight excluding hydrogens is 536 g/mol. The molecule has 0 radical (unpaired) electrons. The van der Waals surface area contributed by atoms with Crippen molar-refractivity contribution < 1.29 is 26.4 Å². The summed E-state index contributed by atoms with van der Waals surface area (Å²) in [5.41, 5.74) is -0.688. The molecule has 0 aliphatic rings. The number of carbonyl (C=O) groups is 1. The second-order valence-corrected chi connectivity index (χ2v) is 10.5. The fraction of sp³-hybridized carbons (Fsp3) is 0.176. The fourth-order valence-corrected chi connectivity index (χ4v) is 3.33. The molecule has 1 atom stereocenters. The summed E-state index contributed by atoms with van der Waals surface area (Å²) in [7, 11) is -3.88. The molecule has 174 valence electrons. The van der Waals surface area contributed by atoms with Crippen molar-refractivity contribution in [1.29, 1.82) is 0 Å². The molecule has 0 heterocycles. The molecule has 2 rings (SSSR count). The van der Waals surface area contributed by atoms with Gasteiger partial charge in [0.05, 0.1) is 10.5 Å². The summed E-state index contributed by atoms with van der Waals surface area (Å²) in [6.45, 7) is 0. The van der Waals surface area contributed by atoms with Gasteiger partial charge in [0.15, 0.2) is 5.11 Å². The molecule has 0 aliphatic carbocycles. The lowest BCUT2D eigenvalue weighted by Gasteiger charge is -2.27. The number of nitrogens with two attached hydrogens (primary N) is 1. The first-order valence-corrected chi connectivity index (χ1v) is 11.4. The molecule has 0 unspecified atom stereocenters. The minimum absolute atomic E-state index is 0.114. The van der Waals surface area contributed by atoms with Crippen LogP contribution < -0.4 is 21.1 Å². The van der Waals surface area contributed by atoms with E-state index >= 15 is 0 Å². The molecule has 0 bridgehead atoms. The van der Waals surface area contributed by atoms with E-state index in [1.165, 1.54) is 24.3 Å². The van der Waals surface area contributed by atoms with Gasteiger partial charge in [-0.3, -0.25) is 4.79 Å². The van der Waals surface area contributed by atoms with Crippen LogP contribution in [0.5, 0.6) is 0 Å². The van der Waals surface area contributed by atoms with Crippen molar-refractivity contribution in [2.45, 2.75) is 21.0 Å². The Balaban J connectivity index is 2.08. The van der Waals surface area contributed by atoms with Crippen LogP contribution in [-0.4, -0.2) is 29.4 Å². The van der Waals surface area contributed by atoms with Gasteiger partial charge in [-0.2, -0.15) is 13.2 Å². The van der Waals surface area contributed by atoms with Gasteiger partial charge in [-0.1, -0.05) is 34.8 Å². The van der Waals surface area contributed by atoms with Crippen molar-refractivity contribution >= 4 is 73.8 Å². The van der Waals surface area contributed by atoms with E-state index in [1.54, 1.807) is 0 Å². The zero-order chi connectivity index (χ0) is 24.3. The van der Waals surface area contributed by atoms with Crippen molar-refractivity contribution in [2.24, 2.45) is 5.14 Å². The van der Waals surface area contributed by atoms with Gasteiger partial charge in [0.1, 0.15) is 6.17 Å². The summed E-state index contributed by atoms with van der Waals surface area (Å²) in [6, 6.07) is 8.64. The van der Waals surface area contributed by atoms with Crippen LogP contribution in [0.15, 0.2) is 53.4 Å². The summed E-state index contributed by atoms with van der Waals surface area (Å²) in [6.07, 6.45) is -5.94. The zero-order valence-electron chi connectivity index (χ0n) is 15.6. The van der Waals surface area contributed by atoms with E-state index in [4.69, 9.17) is 52.2 Å². The summed E-state index contributed by atoms with van der Waals surface area (Å²) in [5.74, 6) is -0.831. The van der Waals surface area contributed by atoms with E-state index < -0.39 is 37.6 Å². The highest BCUT2D eigenvalue weighted by atomic mass is 35.6. The second kappa shape index (κ2) is 9.98. The highest BCUT2D eigenvalue weighted by Crippen LogP contribution is 2.30. The van der Waals surface area contributed by atoms with Gasteiger partial charge in [-0.05, 0) is 60.7 Å². The Kier molecular flexibility index (Phi) is 8.24. The number of anilines is 1. The Labute approximate surface area is 201 Å². The highest BCUT2D eigenvalue weighted by Gasteiger charge is 2.35. The number of sulfonamides is 1. The first-order valence-electron chi connectivity index (χ1n) is 8.32. The predicted molar refractivity (Wildman–Crippen MR) is 120 cm³/mol. The molecular formula is C17H14Cl3F3N4O3S2. The third-order valence-corrected chi connectivity index (χ3v) is 5.60. The Morgan fingerprint density at radius 3 is 1.94 bits per heavy atom. The average Bonchev–Trinajstić information content (AvgIpc) is 2.65. The quantitative estimate of drug-likeness (QED) is 0.257. The first kappa shape index (κ1) is 26.4. The van der Waals surface area contributed by atoms with Crippen LogP contribution in [0.1, 0.15) is 15.9 Å². The molecule has 0 aliphatic heterocycles. The van der Waals surface area contributed by atoms with E-state index in [-0.39, 0.29) is 15.6 Å². The molecule has 0 saturated carbocycles. The van der Waals surface area contributed by atoms with E-state index in [0.717, 1.165) is 24.3 Å². The molecule has 0 fully saturated rings. The lowest BCUT2D eigenvalue weighted by Crippen LogP contribution is -2.56. The Morgan fingerprint density at radius 2 is 1.50 bits per heavy atom. The number of nitrogens with one attached hydrogen (secondary N) is 3. The van der Waals surface area contributed by atoms with Crippen molar-refractivity contribution in [3.8, 4) is 0 Å². The standard InChI is InChI=1S/C17H14Cl3F3N4O3S2/c18-16(19,20)14(26-13(28)9-1-3-10(4-2-9)17(21,22)23)27-15(31)25-11-5-7-12(8-6-11)32(24,29)30/h1-8,14H,(H,26,28)(H2,24,29,30)(H2,25,27,31)/t14-/m0/s1. The topological polar surface area (TPSA) is 113 Å². The van der Waals surface area contributed by atoms with Gasteiger partial charge in [0.25, 0.3) is 5.91 Å². The highest BCUT2D eigenvalue weighted by molar-refractivity contribution is 7.89. The largest absolute Gasteiger partial charge is 0.416 e. The van der Waals surface area contributed by atoms with Crippen molar-refractivity contribution in [3.05, 3.63) is 59.7 Å². The lowest BCUT2D eigenvalue weighted by atomic mass is 10.1. The maximum atomic E-state index is 12.7. The molecule has 5 N–H and O–H groups in total. The number of rotatable bonds is 5. The summed E-state index contributed by atoms with van der Waals surface area (Å²) < 4.78 is 58.5. The van der Waals surface area contributed by atoms with Crippen molar-refractivity contribution in [1.82, 2.24) is 10.6 Å². The third kappa shape index (κ3) is 7.64. The zero-order valence-corrected chi connectivity index (χ0v) is 19.5. The molecule has 0 aromatic heterocycles. The number of primary sulfonamides is 1. The van der Waals surface area contributed by atoms with Crippen LogP contribution in [0.3, 0.4) is 0 Å². The van der Waals surface area contributed by atoms with Gasteiger partial charge >= 0.3 is 6.18 Å². The summed E-state index contributed by atoms with van der Waals surface area (Å²) in [5, 5.41) is 12.5. The van der Waals surface area contributed by atoms with Crippen molar-refractivity contribution in [2.75, 3.05) is 5.32 Å². The number of thiocarbonyl (C=S) groups is 1. The average molecular weight is 550 g/mol. The van der Waals surface area contributed by atoms with E-state index in [2.05, 4.69) is 16.0 Å². The van der Waals surface area contributed by atoms with Gasteiger partial charge < -0.3 is 16.0 Å². The normalized spacial score (nSPS) is 13.2. The number of hydrogen-bond acceptors (Lipinski definition) is 4. The molecule has 32 heavy (non-hydrogen) atoms. The Bertz CT molecular complexity index is 1090. The minimum atomic E-state index is -4.55. The SMILES string of the molecule is NS(=O)(=O)c1ccc(NC(=S)N[C@H](NC(=O)c2ccc(C(F)(F)F)cc2)C(Cl)(Cl)Cl)cc1. The van der Waals surface area contributed by atoms with Gasteiger partial charge in [-0.15, -0.1) is 0 Å². The Morgan fingerprint density at radius 1 is 0.969 bits per heavy atom. The second-order valence-electron chi connectivity index (χ2n) is 6.19.